The fourth-order valence-corrected chi connectivity index (χ4v) is 4.35. The zero-order valence-electron chi connectivity index (χ0n) is 16.3. The Hall–Kier alpha value is -3.29. The van der Waals surface area contributed by atoms with Crippen molar-refractivity contribution in [1.82, 2.24) is 19.9 Å². The van der Waals surface area contributed by atoms with Crippen LogP contribution < -0.4 is 15.1 Å². The highest BCUT2D eigenvalue weighted by molar-refractivity contribution is 6.02. The maximum Gasteiger partial charge on any atom is 0.247 e. The molecule has 3 aromatic rings. The molecule has 8 nitrogen and oxygen atoms in total. The number of hydrogen-bond acceptors (Lipinski definition) is 7. The van der Waals surface area contributed by atoms with Gasteiger partial charge in [0.15, 0.2) is 5.82 Å². The molecule has 0 unspecified atom stereocenters. The fourth-order valence-electron chi connectivity index (χ4n) is 4.35. The van der Waals surface area contributed by atoms with E-state index in [9.17, 15) is 4.79 Å². The Morgan fingerprint density at radius 3 is 2.79 bits per heavy atom. The lowest BCUT2D eigenvalue weighted by atomic mass is 9.89. The molecule has 0 saturated heterocycles. The first-order chi connectivity index (χ1) is 14.2. The van der Waals surface area contributed by atoms with Crippen LogP contribution in [0.1, 0.15) is 25.7 Å². The molecule has 1 saturated carbocycles. The highest BCUT2D eigenvalue weighted by Crippen LogP contribution is 2.35. The Kier molecular flexibility index (Phi) is 4.46. The molecule has 4 heterocycles. The van der Waals surface area contributed by atoms with Gasteiger partial charge in [0.05, 0.1) is 29.5 Å². The van der Waals surface area contributed by atoms with Crippen LogP contribution in [0.4, 0.5) is 17.3 Å². The summed E-state index contributed by atoms with van der Waals surface area (Å²) in [6, 6.07) is 8.38. The third-order valence-electron chi connectivity index (χ3n) is 5.82. The van der Waals surface area contributed by atoms with Crippen LogP contribution in [0.25, 0.3) is 11.0 Å². The largest absolute Gasteiger partial charge is 0.367 e. The van der Waals surface area contributed by atoms with E-state index in [-0.39, 0.29) is 11.9 Å². The van der Waals surface area contributed by atoms with E-state index in [1.54, 1.807) is 12.4 Å². The molecule has 5 rings (SSSR count). The molecule has 1 amide bonds. The van der Waals surface area contributed by atoms with E-state index in [4.69, 9.17) is 0 Å². The lowest BCUT2D eigenvalue weighted by Crippen LogP contribution is -2.51. The predicted octanol–water partition coefficient (Wildman–Crippen LogP) is 2.63. The number of rotatable bonds is 3. The first kappa shape index (κ1) is 17.8. The smallest absolute Gasteiger partial charge is 0.247 e. The van der Waals surface area contributed by atoms with Gasteiger partial charge in [0.25, 0.3) is 0 Å². The number of pyridine rings is 2. The summed E-state index contributed by atoms with van der Waals surface area (Å²) >= 11 is 0. The van der Waals surface area contributed by atoms with Crippen molar-refractivity contribution in [1.29, 1.82) is 0 Å². The van der Waals surface area contributed by atoms with Gasteiger partial charge in [0.2, 0.25) is 5.91 Å². The van der Waals surface area contributed by atoms with Crippen molar-refractivity contribution in [3.05, 3.63) is 43.0 Å². The van der Waals surface area contributed by atoms with Gasteiger partial charge in [-0.2, -0.15) is 0 Å². The number of nitrogens with one attached hydrogen (secondary N) is 1. The van der Waals surface area contributed by atoms with E-state index in [0.717, 1.165) is 54.0 Å². The van der Waals surface area contributed by atoms with Gasteiger partial charge in [-0.1, -0.05) is 0 Å². The standard InChI is InChI=1S/C21H23N7O/c1-27-12-20(29)28(21-18(27)11-22-13-24-21)15-6-4-14(5-7-15)25-19-9-8-16-17(26-19)3-2-10-23-16/h2-3,8-11,13-15H,4-7,12H2,1H3,(H,25,26)/t14-,15-. The summed E-state index contributed by atoms with van der Waals surface area (Å²) in [4.78, 5) is 34.1. The molecule has 1 aliphatic carbocycles. The second-order valence-corrected chi connectivity index (χ2v) is 7.74. The van der Waals surface area contributed by atoms with Crippen LogP contribution in [0.5, 0.6) is 0 Å². The Labute approximate surface area is 169 Å². The zero-order valence-corrected chi connectivity index (χ0v) is 16.3. The lowest BCUT2D eigenvalue weighted by molar-refractivity contribution is -0.118. The topological polar surface area (TPSA) is 87.1 Å². The molecule has 29 heavy (non-hydrogen) atoms. The van der Waals surface area contributed by atoms with E-state index in [1.165, 1.54) is 6.33 Å². The molecule has 0 aromatic carbocycles. The minimum atomic E-state index is 0.110. The van der Waals surface area contributed by atoms with Crippen LogP contribution in [-0.2, 0) is 4.79 Å². The second kappa shape index (κ2) is 7.27. The van der Waals surface area contributed by atoms with Crippen molar-refractivity contribution in [2.75, 3.05) is 28.7 Å². The summed E-state index contributed by atoms with van der Waals surface area (Å²) in [5.74, 6) is 1.72. The average Bonchev–Trinajstić information content (AvgIpc) is 2.75. The van der Waals surface area contributed by atoms with Crippen molar-refractivity contribution >= 4 is 34.3 Å². The van der Waals surface area contributed by atoms with Crippen LogP contribution in [-0.4, -0.2) is 51.5 Å². The Morgan fingerprint density at radius 1 is 1.07 bits per heavy atom. The first-order valence-electron chi connectivity index (χ1n) is 10.0. The molecule has 1 N–H and O–H groups in total. The average molecular weight is 389 g/mol. The van der Waals surface area contributed by atoms with Crippen molar-refractivity contribution in [3.63, 3.8) is 0 Å². The number of anilines is 3. The van der Waals surface area contributed by atoms with E-state index < -0.39 is 0 Å². The molecule has 1 aliphatic heterocycles. The molecule has 0 radical (unpaired) electrons. The summed E-state index contributed by atoms with van der Waals surface area (Å²) in [6.45, 7) is 0.369. The van der Waals surface area contributed by atoms with Crippen molar-refractivity contribution < 1.29 is 4.79 Å². The van der Waals surface area contributed by atoms with Crippen LogP contribution in [0.15, 0.2) is 43.0 Å². The number of carbonyl (C=O) groups is 1. The SMILES string of the molecule is CN1CC(=O)N([C@H]2CC[C@H](Nc3ccc4ncccc4n3)CC2)c2ncncc21. The van der Waals surface area contributed by atoms with Gasteiger partial charge >= 0.3 is 0 Å². The van der Waals surface area contributed by atoms with Crippen molar-refractivity contribution in [3.8, 4) is 0 Å². The van der Waals surface area contributed by atoms with Gasteiger partial charge < -0.3 is 10.2 Å². The van der Waals surface area contributed by atoms with Crippen LogP contribution in [0, 0.1) is 0 Å². The van der Waals surface area contributed by atoms with Crippen molar-refractivity contribution in [2.24, 2.45) is 0 Å². The number of likely N-dealkylation sites (N-methyl/N-ethyl adjacent to an activating group) is 1. The summed E-state index contributed by atoms with van der Waals surface area (Å²) < 4.78 is 0. The van der Waals surface area contributed by atoms with Gasteiger partial charge in [-0.15, -0.1) is 0 Å². The van der Waals surface area contributed by atoms with Crippen LogP contribution in [0.2, 0.25) is 0 Å². The minimum absolute atomic E-state index is 0.110. The summed E-state index contributed by atoms with van der Waals surface area (Å²) in [5.41, 5.74) is 2.71. The molecule has 3 aromatic heterocycles. The highest BCUT2D eigenvalue weighted by Gasteiger charge is 2.36. The number of aromatic nitrogens is 4. The van der Waals surface area contributed by atoms with Gasteiger partial charge in [-0.3, -0.25) is 14.7 Å². The predicted molar refractivity (Wildman–Crippen MR) is 112 cm³/mol. The molecule has 0 spiro atoms. The molecule has 1 fully saturated rings. The zero-order chi connectivity index (χ0) is 19.8. The number of nitrogens with zero attached hydrogens (tertiary/aromatic N) is 6. The minimum Gasteiger partial charge on any atom is -0.367 e. The third-order valence-corrected chi connectivity index (χ3v) is 5.82. The molecule has 0 atom stereocenters. The van der Waals surface area contributed by atoms with Gasteiger partial charge in [0.1, 0.15) is 12.1 Å². The lowest BCUT2D eigenvalue weighted by Gasteiger charge is -2.41. The molecule has 2 aliphatic rings. The normalized spacial score (nSPS) is 21.9. The van der Waals surface area contributed by atoms with Gasteiger partial charge in [0, 0.05) is 25.3 Å². The second-order valence-electron chi connectivity index (χ2n) is 7.74. The first-order valence-corrected chi connectivity index (χ1v) is 10.0. The molecule has 0 bridgehead atoms. The molecular formula is C21H23N7O. The van der Waals surface area contributed by atoms with E-state index in [2.05, 4.69) is 25.3 Å². The molecule has 8 heteroatoms. The Bertz CT molecular complexity index is 1050. The number of carbonyl (C=O) groups excluding carboxylic acids is 1. The fraction of sp³-hybridized carbons (Fsp3) is 0.381. The molecule has 148 valence electrons. The Balaban J connectivity index is 1.28. The third kappa shape index (κ3) is 3.35. The quantitative estimate of drug-likeness (QED) is 0.737. The summed E-state index contributed by atoms with van der Waals surface area (Å²) in [5, 5.41) is 3.56. The highest BCUT2D eigenvalue weighted by atomic mass is 16.2. The summed E-state index contributed by atoms with van der Waals surface area (Å²) in [7, 11) is 1.91. The van der Waals surface area contributed by atoms with E-state index >= 15 is 0 Å². The van der Waals surface area contributed by atoms with Crippen LogP contribution in [0.3, 0.4) is 0 Å². The number of fused-ring (bicyclic) bond motifs is 2. The van der Waals surface area contributed by atoms with Crippen LogP contribution >= 0.6 is 0 Å². The van der Waals surface area contributed by atoms with E-state index in [1.807, 2.05) is 41.1 Å². The summed E-state index contributed by atoms with van der Waals surface area (Å²) in [6.07, 6.45) is 8.92. The van der Waals surface area contributed by atoms with Gasteiger partial charge in [-0.25, -0.2) is 15.0 Å². The van der Waals surface area contributed by atoms with E-state index in [0.29, 0.717) is 12.6 Å². The maximum absolute atomic E-state index is 12.8. The maximum atomic E-state index is 12.8. The Morgan fingerprint density at radius 2 is 1.93 bits per heavy atom. The molecular weight excluding hydrogens is 366 g/mol. The number of hydrogen-bond donors (Lipinski definition) is 1. The van der Waals surface area contributed by atoms with Crippen molar-refractivity contribution in [2.45, 2.75) is 37.8 Å². The monoisotopic (exact) mass is 389 g/mol. The van der Waals surface area contributed by atoms with Gasteiger partial charge in [-0.05, 0) is 49.9 Å². The number of amides is 1.